The summed E-state index contributed by atoms with van der Waals surface area (Å²) < 4.78 is 28.4. The third kappa shape index (κ3) is 43.0. The van der Waals surface area contributed by atoms with Crippen molar-refractivity contribution < 1.29 is 58.2 Å². The van der Waals surface area contributed by atoms with E-state index in [9.17, 15) is 34.5 Å². The molecule has 0 saturated carbocycles. The molecular weight excluding hydrogens is 973 g/mol. The SMILES string of the molecule is CC/C=C\C/C=C\C/C=C\C/C=C\C/C=C\CCCC(=O)OCC(COC1OC(C(=O)O)C(O)C(O)C1OC(=O)CCCCCCCCCCCCCCCCC)OC(=O)CCCCCCCCCCCCCCCCC. The van der Waals surface area contributed by atoms with Crippen LogP contribution < -0.4 is 0 Å². The van der Waals surface area contributed by atoms with Gasteiger partial charge in [0.1, 0.15) is 18.8 Å². The Morgan fingerprint density at radius 3 is 1.23 bits per heavy atom. The zero-order chi connectivity index (χ0) is 56.1. The van der Waals surface area contributed by atoms with Crippen LogP contribution in [0.1, 0.15) is 278 Å². The van der Waals surface area contributed by atoms with Crippen LogP contribution in [0.25, 0.3) is 0 Å². The highest BCUT2D eigenvalue weighted by molar-refractivity contribution is 5.74. The standard InChI is InChI=1S/C65H112O12/c1-4-7-10-13-16-19-22-25-28-29-32-33-36-39-42-45-48-51-57(66)73-54-56(75-58(67)52-49-46-43-40-37-34-30-26-23-20-17-14-11-8-5-2)55-74-65-63(61(70)60(69)62(77-65)64(71)72)76-59(68)53-50-47-44-41-38-35-31-27-24-21-18-15-12-9-6-3/h7,10,16,19,25,28,32-33,39,42,56,60-63,65,69-70H,4-6,8-9,11-15,17-18,20-24,26-27,29-31,34-38,40-41,43-55H2,1-3H3,(H,71,72)/b10-7-,19-16-,28-25-,33-32-,42-39-. The minimum absolute atomic E-state index is 0.0588. The second kappa shape index (κ2) is 53.1. The molecule has 0 bridgehead atoms. The molecule has 0 amide bonds. The van der Waals surface area contributed by atoms with Crippen molar-refractivity contribution in [2.75, 3.05) is 13.2 Å². The average Bonchev–Trinajstić information content (AvgIpc) is 3.42. The van der Waals surface area contributed by atoms with E-state index in [1.54, 1.807) is 0 Å². The zero-order valence-corrected chi connectivity index (χ0v) is 49.0. The lowest BCUT2D eigenvalue weighted by Crippen LogP contribution is -2.61. The molecule has 77 heavy (non-hydrogen) atoms. The lowest BCUT2D eigenvalue weighted by molar-refractivity contribution is -0.301. The number of unbranched alkanes of at least 4 members (excludes halogenated alkanes) is 29. The predicted molar refractivity (Wildman–Crippen MR) is 312 cm³/mol. The molecule has 3 N–H and O–H groups in total. The van der Waals surface area contributed by atoms with Gasteiger partial charge in [0.25, 0.3) is 0 Å². The van der Waals surface area contributed by atoms with E-state index in [1.807, 2.05) is 6.08 Å². The van der Waals surface area contributed by atoms with Crippen LogP contribution in [-0.4, -0.2) is 89.2 Å². The molecule has 1 aliphatic rings. The van der Waals surface area contributed by atoms with Crippen LogP contribution in [0.3, 0.4) is 0 Å². The quantitative estimate of drug-likeness (QED) is 0.0228. The molecule has 1 fully saturated rings. The van der Waals surface area contributed by atoms with Crippen LogP contribution in [0.5, 0.6) is 0 Å². The molecule has 0 aromatic heterocycles. The van der Waals surface area contributed by atoms with Gasteiger partial charge in [-0.1, -0.05) is 261 Å². The molecule has 0 aliphatic carbocycles. The summed E-state index contributed by atoms with van der Waals surface area (Å²) in [4.78, 5) is 51.2. The maximum absolute atomic E-state index is 13.2. The number of allylic oxidation sites excluding steroid dienone is 10. The molecule has 444 valence electrons. The summed E-state index contributed by atoms with van der Waals surface area (Å²) in [5.74, 6) is -3.17. The Labute approximate surface area is 468 Å². The first kappa shape index (κ1) is 71.4. The Hall–Kier alpha value is -3.58. The number of aliphatic hydroxyl groups excluding tert-OH is 2. The molecule has 12 heteroatoms. The largest absolute Gasteiger partial charge is 0.479 e. The average molecular weight is 1090 g/mol. The molecule has 0 spiro atoms. The summed E-state index contributed by atoms with van der Waals surface area (Å²) in [7, 11) is 0. The van der Waals surface area contributed by atoms with Crippen LogP contribution in [0, 0.1) is 0 Å². The van der Waals surface area contributed by atoms with Crippen molar-refractivity contribution >= 4 is 23.9 Å². The monoisotopic (exact) mass is 1080 g/mol. The number of carboxylic acids is 1. The molecular formula is C65H112O12. The zero-order valence-electron chi connectivity index (χ0n) is 49.0. The third-order valence-electron chi connectivity index (χ3n) is 14.1. The molecule has 1 saturated heterocycles. The summed E-state index contributed by atoms with van der Waals surface area (Å²) >= 11 is 0. The number of carboxylic acid groups (broad SMARTS) is 1. The molecule has 1 rings (SSSR count). The first-order valence-electron chi connectivity index (χ1n) is 31.3. The van der Waals surface area contributed by atoms with Gasteiger partial charge in [0.05, 0.1) is 6.61 Å². The van der Waals surface area contributed by atoms with Crippen LogP contribution in [0.2, 0.25) is 0 Å². The molecule has 0 aromatic rings. The molecule has 1 aliphatic heterocycles. The number of hydrogen-bond donors (Lipinski definition) is 3. The number of aliphatic carboxylic acids is 1. The first-order chi connectivity index (χ1) is 37.6. The van der Waals surface area contributed by atoms with Crippen LogP contribution in [0.15, 0.2) is 60.8 Å². The number of carbonyl (C=O) groups is 4. The van der Waals surface area contributed by atoms with Gasteiger partial charge in [0.2, 0.25) is 0 Å². The van der Waals surface area contributed by atoms with E-state index in [0.29, 0.717) is 25.7 Å². The summed E-state index contributed by atoms with van der Waals surface area (Å²) in [5, 5.41) is 31.5. The van der Waals surface area contributed by atoms with E-state index in [0.717, 1.165) is 77.0 Å². The fourth-order valence-electron chi connectivity index (χ4n) is 9.35. The van der Waals surface area contributed by atoms with Gasteiger partial charge in [0, 0.05) is 19.3 Å². The van der Waals surface area contributed by atoms with Gasteiger partial charge in [-0.3, -0.25) is 14.4 Å². The minimum atomic E-state index is -1.91. The number of rotatable bonds is 53. The van der Waals surface area contributed by atoms with Gasteiger partial charge in [0.15, 0.2) is 24.6 Å². The fraction of sp³-hybridized carbons (Fsp3) is 0.785. The Kier molecular flexibility index (Phi) is 49.2. The number of aliphatic hydroxyl groups is 2. The molecule has 12 nitrogen and oxygen atoms in total. The minimum Gasteiger partial charge on any atom is -0.479 e. The summed E-state index contributed by atoms with van der Waals surface area (Å²) in [6.07, 6.45) is 53.3. The predicted octanol–water partition coefficient (Wildman–Crippen LogP) is 16.3. The second-order valence-corrected chi connectivity index (χ2v) is 21.3. The molecule has 1 heterocycles. The van der Waals surface area contributed by atoms with Gasteiger partial charge in [-0.05, 0) is 57.8 Å². The van der Waals surface area contributed by atoms with E-state index in [2.05, 4.69) is 75.5 Å². The van der Waals surface area contributed by atoms with Gasteiger partial charge < -0.3 is 39.0 Å². The number of ether oxygens (including phenoxy) is 5. The van der Waals surface area contributed by atoms with Crippen LogP contribution in [-0.2, 0) is 42.9 Å². The first-order valence-corrected chi connectivity index (χ1v) is 31.3. The highest BCUT2D eigenvalue weighted by Crippen LogP contribution is 2.27. The van der Waals surface area contributed by atoms with Crippen molar-refractivity contribution in [3.8, 4) is 0 Å². The molecule has 0 aromatic carbocycles. The molecule has 6 unspecified atom stereocenters. The maximum Gasteiger partial charge on any atom is 0.335 e. The number of hydrogen-bond acceptors (Lipinski definition) is 11. The Bertz CT molecular complexity index is 1570. The normalized spacial score (nSPS) is 18.4. The van der Waals surface area contributed by atoms with Crippen LogP contribution in [0.4, 0.5) is 0 Å². The smallest absolute Gasteiger partial charge is 0.335 e. The topological polar surface area (TPSA) is 175 Å². The Morgan fingerprint density at radius 1 is 0.442 bits per heavy atom. The van der Waals surface area contributed by atoms with Crippen molar-refractivity contribution in [1.29, 1.82) is 0 Å². The highest BCUT2D eigenvalue weighted by atomic mass is 16.7. The van der Waals surface area contributed by atoms with E-state index < -0.39 is 67.3 Å². The van der Waals surface area contributed by atoms with Gasteiger partial charge >= 0.3 is 23.9 Å². The molecule has 6 atom stereocenters. The van der Waals surface area contributed by atoms with Crippen molar-refractivity contribution in [2.45, 2.75) is 314 Å². The molecule has 0 radical (unpaired) electrons. The summed E-state index contributed by atoms with van der Waals surface area (Å²) in [6, 6.07) is 0. The van der Waals surface area contributed by atoms with E-state index in [-0.39, 0.29) is 25.9 Å². The second-order valence-electron chi connectivity index (χ2n) is 21.3. The number of carbonyl (C=O) groups excluding carboxylic acids is 3. The Morgan fingerprint density at radius 2 is 0.818 bits per heavy atom. The van der Waals surface area contributed by atoms with E-state index >= 15 is 0 Å². The van der Waals surface area contributed by atoms with E-state index in [1.165, 1.54) is 135 Å². The van der Waals surface area contributed by atoms with Crippen LogP contribution >= 0.6 is 0 Å². The number of esters is 3. The van der Waals surface area contributed by atoms with Crippen molar-refractivity contribution in [3.63, 3.8) is 0 Å². The third-order valence-corrected chi connectivity index (χ3v) is 14.1. The van der Waals surface area contributed by atoms with Gasteiger partial charge in [-0.25, -0.2) is 4.79 Å². The van der Waals surface area contributed by atoms with Gasteiger partial charge in [-0.15, -0.1) is 0 Å². The van der Waals surface area contributed by atoms with Crippen molar-refractivity contribution in [1.82, 2.24) is 0 Å². The lowest BCUT2D eigenvalue weighted by atomic mass is 9.98. The summed E-state index contributed by atoms with van der Waals surface area (Å²) in [6.45, 7) is 5.86. The van der Waals surface area contributed by atoms with Crippen molar-refractivity contribution in [2.24, 2.45) is 0 Å². The fourth-order valence-corrected chi connectivity index (χ4v) is 9.35. The summed E-state index contributed by atoms with van der Waals surface area (Å²) in [5.41, 5.74) is 0. The highest BCUT2D eigenvalue weighted by Gasteiger charge is 2.50. The van der Waals surface area contributed by atoms with Gasteiger partial charge in [-0.2, -0.15) is 0 Å². The van der Waals surface area contributed by atoms with Crippen molar-refractivity contribution in [3.05, 3.63) is 60.8 Å². The lowest BCUT2D eigenvalue weighted by Gasteiger charge is -2.40. The van der Waals surface area contributed by atoms with E-state index in [4.69, 9.17) is 23.7 Å². The Balaban J connectivity index is 2.70. The maximum atomic E-state index is 13.2.